The SMILES string of the molecule is COC(=O)/C=C/c1ccc(O)c2c1C[C@@H]1C[C@@H]3[C@@H](N(C)C)C(O)C(C(N)=O)C(=O)[C@]3(O)C(=O)C1=C2O. The van der Waals surface area contributed by atoms with Crippen molar-refractivity contribution in [3.8, 4) is 5.75 Å². The molecule has 4 rings (SSSR count). The molecule has 6 N–H and O–H groups in total. The van der Waals surface area contributed by atoms with Crippen molar-refractivity contribution in [1.29, 1.82) is 0 Å². The number of aliphatic hydroxyl groups is 3. The highest BCUT2D eigenvalue weighted by Crippen LogP contribution is 2.52. The zero-order valence-electron chi connectivity index (χ0n) is 20.0. The van der Waals surface area contributed by atoms with Crippen molar-refractivity contribution in [1.82, 2.24) is 4.90 Å². The van der Waals surface area contributed by atoms with E-state index < -0.39 is 64.7 Å². The average Bonchev–Trinajstić information content (AvgIpc) is 2.80. The first-order valence-electron chi connectivity index (χ1n) is 11.4. The van der Waals surface area contributed by atoms with Gasteiger partial charge in [0, 0.05) is 23.6 Å². The van der Waals surface area contributed by atoms with E-state index in [2.05, 4.69) is 4.74 Å². The molecule has 0 heterocycles. The van der Waals surface area contributed by atoms with Crippen molar-refractivity contribution < 1.29 is 44.3 Å². The highest BCUT2D eigenvalue weighted by Gasteiger charge is 2.67. The highest BCUT2D eigenvalue weighted by atomic mass is 16.5. The number of carbonyl (C=O) groups excluding carboxylic acids is 4. The molecule has 0 radical (unpaired) electrons. The van der Waals surface area contributed by atoms with Crippen LogP contribution in [0.25, 0.3) is 11.8 Å². The molecular weight excluding hydrogens is 472 g/mol. The summed E-state index contributed by atoms with van der Waals surface area (Å²) in [5, 5.41) is 44.1. The number of likely N-dealkylation sites (N-methyl/N-ethyl adjacent to an activating group) is 1. The number of phenols is 1. The minimum Gasteiger partial charge on any atom is -0.507 e. The lowest BCUT2D eigenvalue weighted by Crippen LogP contribution is -2.73. The molecule has 11 nitrogen and oxygen atoms in total. The second-order valence-electron chi connectivity index (χ2n) is 9.67. The number of phenolic OH excluding ortho intramolecular Hbond substituents is 1. The van der Waals surface area contributed by atoms with E-state index in [1.807, 2.05) is 0 Å². The molecule has 11 heteroatoms. The Labute approximate surface area is 206 Å². The summed E-state index contributed by atoms with van der Waals surface area (Å²) >= 11 is 0. The molecule has 3 aliphatic carbocycles. The molecule has 0 spiro atoms. The summed E-state index contributed by atoms with van der Waals surface area (Å²) in [6.07, 6.45) is 1.22. The van der Waals surface area contributed by atoms with Crippen LogP contribution in [0.1, 0.15) is 23.1 Å². The van der Waals surface area contributed by atoms with Crippen LogP contribution in [0.3, 0.4) is 0 Å². The van der Waals surface area contributed by atoms with Crippen molar-refractivity contribution in [3.05, 3.63) is 40.5 Å². The second-order valence-corrected chi connectivity index (χ2v) is 9.67. The lowest BCUT2D eigenvalue weighted by molar-refractivity contribution is -0.184. The van der Waals surface area contributed by atoms with Crippen LogP contribution < -0.4 is 5.73 Å². The molecule has 0 aliphatic heterocycles. The van der Waals surface area contributed by atoms with Crippen LogP contribution in [0.15, 0.2) is 23.8 Å². The molecule has 6 atom stereocenters. The van der Waals surface area contributed by atoms with Gasteiger partial charge in [0.2, 0.25) is 11.7 Å². The van der Waals surface area contributed by atoms with Crippen LogP contribution in [0.2, 0.25) is 0 Å². The number of aliphatic hydroxyl groups excluding tert-OH is 2. The van der Waals surface area contributed by atoms with Crippen molar-refractivity contribution in [2.75, 3.05) is 21.2 Å². The summed E-state index contributed by atoms with van der Waals surface area (Å²) in [5.41, 5.74) is 3.31. The summed E-state index contributed by atoms with van der Waals surface area (Å²) in [5.74, 6) is -8.62. The predicted molar refractivity (Wildman–Crippen MR) is 125 cm³/mol. The number of ketones is 2. The molecule has 2 unspecified atom stereocenters. The predicted octanol–water partition coefficient (Wildman–Crippen LogP) is -0.685. The number of amides is 1. The van der Waals surface area contributed by atoms with Crippen molar-refractivity contribution >= 4 is 35.3 Å². The third-order valence-electron chi connectivity index (χ3n) is 7.61. The van der Waals surface area contributed by atoms with Crippen LogP contribution in [0.4, 0.5) is 0 Å². The number of nitrogens with zero attached hydrogens (tertiary/aromatic N) is 1. The Morgan fingerprint density at radius 1 is 1.22 bits per heavy atom. The number of nitrogens with two attached hydrogens (primary N) is 1. The second kappa shape index (κ2) is 8.84. The number of methoxy groups -OCH3 is 1. The van der Waals surface area contributed by atoms with Gasteiger partial charge >= 0.3 is 5.97 Å². The van der Waals surface area contributed by atoms with E-state index in [-0.39, 0.29) is 29.7 Å². The molecule has 0 aromatic heterocycles. The van der Waals surface area contributed by atoms with Crippen molar-refractivity contribution in [2.24, 2.45) is 23.5 Å². The van der Waals surface area contributed by atoms with Gasteiger partial charge in [0.15, 0.2) is 11.4 Å². The Bertz CT molecular complexity index is 1230. The quantitative estimate of drug-likeness (QED) is 0.201. The fraction of sp³-hybridized carbons (Fsp3) is 0.440. The molecule has 1 aromatic carbocycles. The van der Waals surface area contributed by atoms with E-state index in [9.17, 15) is 39.6 Å². The lowest BCUT2D eigenvalue weighted by Gasteiger charge is -2.53. The third kappa shape index (κ3) is 3.54. The van der Waals surface area contributed by atoms with Gasteiger partial charge in [0.1, 0.15) is 17.4 Å². The summed E-state index contributed by atoms with van der Waals surface area (Å²) < 4.78 is 4.61. The van der Waals surface area contributed by atoms with Crippen molar-refractivity contribution in [2.45, 2.75) is 30.6 Å². The maximum absolute atomic E-state index is 13.7. The van der Waals surface area contributed by atoms with Crippen LogP contribution >= 0.6 is 0 Å². The van der Waals surface area contributed by atoms with Gasteiger partial charge in [-0.15, -0.1) is 0 Å². The number of primary amides is 1. The number of hydrogen-bond donors (Lipinski definition) is 5. The smallest absolute Gasteiger partial charge is 0.330 e. The monoisotopic (exact) mass is 500 g/mol. The Morgan fingerprint density at radius 2 is 1.89 bits per heavy atom. The van der Waals surface area contributed by atoms with Gasteiger partial charge in [0.05, 0.1) is 18.8 Å². The van der Waals surface area contributed by atoms with E-state index in [1.54, 1.807) is 20.2 Å². The number of Topliss-reactive ketones (excluding diaryl/α,β-unsaturated/α-hetero) is 2. The summed E-state index contributed by atoms with van der Waals surface area (Å²) in [7, 11) is 4.39. The van der Waals surface area contributed by atoms with Gasteiger partial charge in [-0.05, 0) is 56.1 Å². The number of carbonyl (C=O) groups is 4. The Morgan fingerprint density at radius 3 is 2.47 bits per heavy atom. The third-order valence-corrected chi connectivity index (χ3v) is 7.61. The van der Waals surface area contributed by atoms with E-state index in [4.69, 9.17) is 5.73 Å². The molecule has 3 aliphatic rings. The molecule has 2 saturated carbocycles. The van der Waals surface area contributed by atoms with Gasteiger partial charge in [-0.25, -0.2) is 4.79 Å². The Balaban J connectivity index is 1.90. The Kier molecular flexibility index (Phi) is 6.27. The highest BCUT2D eigenvalue weighted by molar-refractivity contribution is 6.25. The minimum absolute atomic E-state index is 0.00795. The Hall–Kier alpha value is -3.54. The first kappa shape index (κ1) is 25.5. The number of ether oxygens (including phenoxy) is 1. The molecular formula is C25H28N2O9. The van der Waals surface area contributed by atoms with Gasteiger partial charge in [-0.1, -0.05) is 6.07 Å². The van der Waals surface area contributed by atoms with Gasteiger partial charge in [0.25, 0.3) is 0 Å². The fourth-order valence-electron chi connectivity index (χ4n) is 6.01. The van der Waals surface area contributed by atoms with Crippen LogP contribution in [-0.2, 0) is 30.3 Å². The van der Waals surface area contributed by atoms with E-state index in [0.717, 1.165) is 0 Å². The largest absolute Gasteiger partial charge is 0.507 e. The van der Waals surface area contributed by atoms with E-state index in [1.165, 1.54) is 30.2 Å². The normalized spacial score (nSPS) is 31.8. The first-order chi connectivity index (χ1) is 16.9. The van der Waals surface area contributed by atoms with Crippen LogP contribution in [0, 0.1) is 17.8 Å². The standard InChI is InChI=1S/C25H28N2O9/c1-27(2)19-13-9-11-8-12-10(5-7-15(29)36-3)4-6-14(28)17(12)20(30)16(11)22(32)25(13,35)23(33)18(21(19)31)24(26)34/h4-7,11,13,18-19,21,28,30-31,35H,8-9H2,1-3H3,(H2,26,34)/b7-5+/t11-,13-,18?,19-,21?,25-/m1/s1. The number of aromatic hydroxyl groups is 1. The van der Waals surface area contributed by atoms with Gasteiger partial charge < -0.3 is 35.8 Å². The molecule has 192 valence electrons. The molecule has 0 saturated heterocycles. The zero-order valence-corrected chi connectivity index (χ0v) is 20.0. The van der Waals surface area contributed by atoms with Crippen LogP contribution in [-0.4, -0.2) is 87.7 Å². The summed E-state index contributed by atoms with van der Waals surface area (Å²) in [6.45, 7) is 0. The maximum Gasteiger partial charge on any atom is 0.330 e. The van der Waals surface area contributed by atoms with Crippen molar-refractivity contribution in [3.63, 3.8) is 0 Å². The van der Waals surface area contributed by atoms with Gasteiger partial charge in [-0.3, -0.25) is 14.4 Å². The van der Waals surface area contributed by atoms with E-state index in [0.29, 0.717) is 11.1 Å². The number of rotatable bonds is 4. The molecule has 0 bridgehead atoms. The zero-order chi connectivity index (χ0) is 26.7. The number of esters is 1. The molecule has 1 aromatic rings. The molecule has 36 heavy (non-hydrogen) atoms. The van der Waals surface area contributed by atoms with Gasteiger partial charge in [-0.2, -0.15) is 0 Å². The maximum atomic E-state index is 13.7. The summed E-state index contributed by atoms with van der Waals surface area (Å²) in [4.78, 5) is 52.2. The number of benzene rings is 1. The van der Waals surface area contributed by atoms with E-state index >= 15 is 0 Å². The number of fused-ring (bicyclic) bond motifs is 3. The minimum atomic E-state index is -2.71. The fourth-order valence-corrected chi connectivity index (χ4v) is 6.01. The molecule has 1 amide bonds. The topological polar surface area (TPSA) is 188 Å². The number of hydrogen-bond acceptors (Lipinski definition) is 10. The average molecular weight is 501 g/mol. The molecule has 2 fully saturated rings. The lowest BCUT2D eigenvalue weighted by atomic mass is 9.54. The summed E-state index contributed by atoms with van der Waals surface area (Å²) in [6, 6.07) is 1.85. The van der Waals surface area contributed by atoms with Crippen LogP contribution in [0.5, 0.6) is 5.75 Å². The first-order valence-corrected chi connectivity index (χ1v) is 11.4.